The fourth-order valence-electron chi connectivity index (χ4n) is 3.32. The van der Waals surface area contributed by atoms with Gasteiger partial charge in [-0.15, -0.1) is 0 Å². The average Bonchev–Trinajstić information content (AvgIpc) is 2.94. The van der Waals surface area contributed by atoms with Gasteiger partial charge in [0, 0.05) is 11.8 Å². The van der Waals surface area contributed by atoms with E-state index in [-0.39, 0.29) is 41.7 Å². The Bertz CT molecular complexity index is 1200. The molecule has 1 amide bonds. The van der Waals surface area contributed by atoms with Gasteiger partial charge < -0.3 is 24.8 Å². The molecular formula is C23H24N4O7. The van der Waals surface area contributed by atoms with E-state index >= 15 is 0 Å². The van der Waals surface area contributed by atoms with Gasteiger partial charge >= 0.3 is 5.97 Å². The molecule has 3 rings (SSSR count). The molecule has 11 nitrogen and oxygen atoms in total. The predicted octanol–water partition coefficient (Wildman–Crippen LogP) is 3.72. The highest BCUT2D eigenvalue weighted by Crippen LogP contribution is 2.35. The Balaban J connectivity index is 2.11. The third-order valence-corrected chi connectivity index (χ3v) is 4.80. The largest absolute Gasteiger partial charge is 0.493 e. The van der Waals surface area contributed by atoms with Crippen LogP contribution in [0.15, 0.2) is 52.7 Å². The first kappa shape index (κ1) is 24.2. The zero-order chi connectivity index (χ0) is 24.8. The van der Waals surface area contributed by atoms with Crippen molar-refractivity contribution in [2.45, 2.75) is 20.8 Å². The van der Waals surface area contributed by atoms with Crippen molar-refractivity contribution < 1.29 is 28.7 Å². The lowest BCUT2D eigenvalue weighted by atomic mass is 10.1. The number of anilines is 1. The van der Waals surface area contributed by atoms with Gasteiger partial charge in [0.1, 0.15) is 17.0 Å². The lowest BCUT2D eigenvalue weighted by Gasteiger charge is -2.15. The summed E-state index contributed by atoms with van der Waals surface area (Å²) in [6.07, 6.45) is 0. The van der Waals surface area contributed by atoms with Gasteiger partial charge in [-0.3, -0.25) is 14.9 Å². The quantitative estimate of drug-likeness (QED) is 0.356. The fourth-order valence-corrected chi connectivity index (χ4v) is 3.32. The molecule has 0 fully saturated rings. The summed E-state index contributed by atoms with van der Waals surface area (Å²) in [6, 6.07) is 9.32. The summed E-state index contributed by atoms with van der Waals surface area (Å²) in [5.41, 5.74) is 0.664. The van der Waals surface area contributed by atoms with Gasteiger partial charge in [0.15, 0.2) is 11.5 Å². The fraction of sp³-hybridized carbons (Fsp3) is 0.261. The number of esters is 1. The van der Waals surface area contributed by atoms with E-state index in [0.717, 1.165) is 6.07 Å². The molecule has 0 bridgehead atoms. The molecule has 0 radical (unpaired) electrons. The van der Waals surface area contributed by atoms with Gasteiger partial charge in [0.05, 0.1) is 42.7 Å². The molecule has 0 aromatic heterocycles. The highest BCUT2D eigenvalue weighted by molar-refractivity contribution is 6.26. The van der Waals surface area contributed by atoms with Crippen LogP contribution in [-0.2, 0) is 9.53 Å². The Hall–Kier alpha value is -4.41. The van der Waals surface area contributed by atoms with Crippen molar-refractivity contribution in [2.75, 3.05) is 25.6 Å². The van der Waals surface area contributed by atoms with Crippen LogP contribution in [0.25, 0.3) is 0 Å². The zero-order valence-corrected chi connectivity index (χ0v) is 19.1. The number of methoxy groups -OCH3 is 1. The molecule has 0 saturated heterocycles. The minimum absolute atomic E-state index is 0.00686. The number of allylic oxidation sites excluding steroid dienone is 1. The van der Waals surface area contributed by atoms with Gasteiger partial charge in [0.25, 0.3) is 11.6 Å². The van der Waals surface area contributed by atoms with Crippen LogP contribution >= 0.6 is 0 Å². The second-order valence-corrected chi connectivity index (χ2v) is 6.99. The monoisotopic (exact) mass is 468 g/mol. The maximum atomic E-state index is 13.3. The van der Waals surface area contributed by atoms with Crippen LogP contribution in [0.2, 0.25) is 0 Å². The number of rotatable bonds is 7. The summed E-state index contributed by atoms with van der Waals surface area (Å²) in [5.74, 6) is -1.41. The lowest BCUT2D eigenvalue weighted by molar-refractivity contribution is -0.385. The summed E-state index contributed by atoms with van der Waals surface area (Å²) in [5, 5.41) is 17.3. The van der Waals surface area contributed by atoms with Gasteiger partial charge in [0.2, 0.25) is 0 Å². The molecule has 34 heavy (non-hydrogen) atoms. The molecule has 11 heteroatoms. The highest BCUT2D eigenvalue weighted by atomic mass is 16.6. The normalized spacial score (nSPS) is 12.5. The Kier molecular flexibility index (Phi) is 7.46. The predicted molar refractivity (Wildman–Crippen MR) is 125 cm³/mol. The number of para-hydroxylation sites is 2. The van der Waals surface area contributed by atoms with Crippen LogP contribution in [0.1, 0.15) is 31.1 Å². The highest BCUT2D eigenvalue weighted by Gasteiger charge is 2.30. The van der Waals surface area contributed by atoms with Crippen molar-refractivity contribution in [1.82, 2.24) is 5.32 Å². The number of carbonyl (C=O) groups excluding carboxylic acids is 2. The van der Waals surface area contributed by atoms with Crippen molar-refractivity contribution in [2.24, 2.45) is 4.99 Å². The van der Waals surface area contributed by atoms with Crippen molar-refractivity contribution in [3.63, 3.8) is 0 Å². The number of aliphatic imine (C=N–C) groups is 1. The number of nitro benzene ring substituents is 1. The van der Waals surface area contributed by atoms with Gasteiger partial charge in [-0.1, -0.05) is 12.1 Å². The summed E-state index contributed by atoms with van der Waals surface area (Å²) in [7, 11) is 1.34. The first-order chi connectivity index (χ1) is 16.3. The number of nitro groups is 1. The van der Waals surface area contributed by atoms with Crippen LogP contribution in [-0.4, -0.2) is 43.0 Å². The lowest BCUT2D eigenvalue weighted by Crippen LogP contribution is -2.35. The Morgan fingerprint density at radius 2 is 1.88 bits per heavy atom. The van der Waals surface area contributed by atoms with E-state index in [1.165, 1.54) is 13.2 Å². The third-order valence-electron chi connectivity index (χ3n) is 4.80. The van der Waals surface area contributed by atoms with Gasteiger partial charge in [-0.25, -0.2) is 9.79 Å². The first-order valence-corrected chi connectivity index (χ1v) is 10.4. The summed E-state index contributed by atoms with van der Waals surface area (Å²) >= 11 is 0. The van der Waals surface area contributed by atoms with Crippen molar-refractivity contribution in [3.8, 4) is 11.5 Å². The molecule has 0 saturated carbocycles. The molecule has 1 aliphatic rings. The van der Waals surface area contributed by atoms with E-state index in [0.29, 0.717) is 17.1 Å². The molecule has 1 aliphatic heterocycles. The molecule has 2 N–H and O–H groups in total. The maximum Gasteiger partial charge on any atom is 0.343 e. The molecule has 0 unspecified atom stereocenters. The van der Waals surface area contributed by atoms with Gasteiger partial charge in [-0.2, -0.15) is 0 Å². The molecule has 0 spiro atoms. The Morgan fingerprint density at radius 3 is 2.53 bits per heavy atom. The number of benzene rings is 2. The minimum Gasteiger partial charge on any atom is -0.493 e. The van der Waals surface area contributed by atoms with Crippen molar-refractivity contribution in [3.05, 3.63) is 63.3 Å². The van der Waals surface area contributed by atoms with E-state index in [4.69, 9.17) is 14.2 Å². The number of nitrogens with zero attached hydrogens (tertiary/aromatic N) is 2. The van der Waals surface area contributed by atoms with Crippen LogP contribution in [0.4, 0.5) is 17.1 Å². The van der Waals surface area contributed by atoms with E-state index < -0.39 is 22.5 Å². The summed E-state index contributed by atoms with van der Waals surface area (Å²) in [4.78, 5) is 41.4. The van der Waals surface area contributed by atoms with Crippen LogP contribution in [0, 0.1) is 10.1 Å². The maximum absolute atomic E-state index is 13.3. The number of amides is 1. The smallest absolute Gasteiger partial charge is 0.343 e. The second kappa shape index (κ2) is 10.5. The molecular weight excluding hydrogens is 444 g/mol. The molecule has 2 aromatic rings. The molecule has 0 atom stereocenters. The van der Waals surface area contributed by atoms with Crippen molar-refractivity contribution in [1.29, 1.82) is 0 Å². The number of carbonyl (C=O) groups is 2. The zero-order valence-electron chi connectivity index (χ0n) is 19.1. The van der Waals surface area contributed by atoms with E-state index in [1.807, 2.05) is 0 Å². The van der Waals surface area contributed by atoms with Crippen LogP contribution in [0.5, 0.6) is 11.5 Å². The number of hydrogen-bond donors (Lipinski definition) is 2. The van der Waals surface area contributed by atoms with Crippen molar-refractivity contribution >= 4 is 34.8 Å². The van der Waals surface area contributed by atoms with E-state index in [9.17, 15) is 19.7 Å². The third kappa shape index (κ3) is 4.98. The summed E-state index contributed by atoms with van der Waals surface area (Å²) < 4.78 is 15.8. The van der Waals surface area contributed by atoms with Crippen LogP contribution < -0.4 is 20.1 Å². The summed E-state index contributed by atoms with van der Waals surface area (Å²) in [6.45, 7) is 5.37. The molecule has 0 aliphatic carbocycles. The first-order valence-electron chi connectivity index (χ1n) is 10.4. The number of amidine groups is 1. The topological polar surface area (TPSA) is 141 Å². The van der Waals surface area contributed by atoms with E-state index in [2.05, 4.69) is 15.6 Å². The van der Waals surface area contributed by atoms with Crippen LogP contribution in [0.3, 0.4) is 0 Å². The minimum atomic E-state index is -0.858. The number of hydrogen-bond acceptors (Lipinski definition) is 9. The standard InChI is InChI=1S/C23H24N4O7/c1-5-33-19-11-14(17(27(30)31)12-18(19)32-4)22(28)26-21-20(23(29)34-6-2)13(3)24-15-9-7-8-10-16(15)25-21/h7-12,24H,5-6H2,1-4H3,(H,25,26,28). The molecule has 2 aromatic carbocycles. The second-order valence-electron chi connectivity index (χ2n) is 6.99. The van der Waals surface area contributed by atoms with Gasteiger partial charge in [-0.05, 0) is 32.9 Å². The average molecular weight is 468 g/mol. The van der Waals surface area contributed by atoms with E-state index in [1.54, 1.807) is 45.0 Å². The SMILES string of the molecule is CCOC(=O)C1=C(C)Nc2ccccc2N=C1NC(=O)c1cc(OCC)c(OC)cc1[N+](=O)[O-]. The Labute approximate surface area is 195 Å². The molecule has 1 heterocycles. The number of ether oxygens (including phenoxy) is 3. The number of nitrogens with one attached hydrogen (secondary N) is 2. The number of fused-ring (bicyclic) bond motifs is 1. The Morgan fingerprint density at radius 1 is 1.15 bits per heavy atom. The molecule has 178 valence electrons.